The maximum atomic E-state index is 13.2. The third kappa shape index (κ3) is 4.34. The fraction of sp³-hybridized carbons (Fsp3) is 0.304. The van der Waals surface area contributed by atoms with Crippen LogP contribution in [-0.2, 0) is 16.6 Å². The summed E-state index contributed by atoms with van der Waals surface area (Å²) in [5, 5.41) is 0. The van der Waals surface area contributed by atoms with E-state index in [0.29, 0.717) is 37.9 Å². The monoisotopic (exact) mass is 419 g/mol. The second-order valence-corrected chi connectivity index (χ2v) is 7.30. The van der Waals surface area contributed by atoms with Crippen LogP contribution in [0.4, 0.5) is 11.6 Å². The number of carbonyl (C=O) groups is 1. The van der Waals surface area contributed by atoms with Gasteiger partial charge in [0.05, 0.1) is 18.8 Å². The molecule has 1 aliphatic rings. The quantitative estimate of drug-likeness (QED) is 0.630. The van der Waals surface area contributed by atoms with Gasteiger partial charge < -0.3 is 14.5 Å². The number of amides is 1. The lowest BCUT2D eigenvalue weighted by molar-refractivity contribution is -0.130. The van der Waals surface area contributed by atoms with Crippen molar-refractivity contribution in [3.8, 4) is 11.3 Å². The minimum atomic E-state index is -0.643. The van der Waals surface area contributed by atoms with E-state index in [2.05, 4.69) is 4.98 Å². The number of pyridine rings is 1. The number of nitrogens with zero attached hydrogens (tertiary/aromatic N) is 5. The molecule has 1 aromatic carbocycles. The molecule has 160 valence electrons. The average Bonchev–Trinajstić information content (AvgIpc) is 2.82. The van der Waals surface area contributed by atoms with Crippen LogP contribution in [0.2, 0.25) is 0 Å². The molecule has 1 fully saturated rings. The summed E-state index contributed by atoms with van der Waals surface area (Å²) in [6, 6.07) is 14.7. The molecule has 0 N–H and O–H groups in total. The van der Waals surface area contributed by atoms with E-state index < -0.39 is 6.10 Å². The van der Waals surface area contributed by atoms with Crippen LogP contribution in [0.3, 0.4) is 0 Å². The first-order valence-electron chi connectivity index (χ1n) is 10.3. The Morgan fingerprint density at radius 2 is 1.94 bits per heavy atom. The Kier molecular flexibility index (Phi) is 6.08. The van der Waals surface area contributed by atoms with Crippen molar-refractivity contribution in [3.05, 3.63) is 71.3 Å². The van der Waals surface area contributed by atoms with Crippen LogP contribution in [0.1, 0.15) is 6.92 Å². The number of ether oxygens (including phenoxy) is 1. The van der Waals surface area contributed by atoms with Gasteiger partial charge in [-0.3, -0.25) is 19.1 Å². The summed E-state index contributed by atoms with van der Waals surface area (Å²) in [5.74, 6) is 0.414. The second kappa shape index (κ2) is 9.09. The third-order valence-corrected chi connectivity index (χ3v) is 5.36. The summed E-state index contributed by atoms with van der Waals surface area (Å²) in [4.78, 5) is 38.2. The molecule has 2 aromatic heterocycles. The van der Waals surface area contributed by atoms with Crippen molar-refractivity contribution >= 4 is 17.5 Å². The van der Waals surface area contributed by atoms with Crippen LogP contribution in [0.5, 0.6) is 0 Å². The highest BCUT2D eigenvalue weighted by Crippen LogP contribution is 2.21. The van der Waals surface area contributed by atoms with E-state index in [-0.39, 0.29) is 11.5 Å². The maximum absolute atomic E-state index is 13.2. The number of benzene rings is 1. The molecule has 0 aliphatic carbocycles. The summed E-state index contributed by atoms with van der Waals surface area (Å²) < 4.78 is 7.33. The van der Waals surface area contributed by atoms with Crippen LogP contribution < -0.4 is 15.4 Å². The first-order valence-corrected chi connectivity index (χ1v) is 10.3. The molecule has 31 heavy (non-hydrogen) atoms. The van der Waals surface area contributed by atoms with E-state index >= 15 is 0 Å². The zero-order valence-electron chi connectivity index (χ0n) is 17.6. The van der Waals surface area contributed by atoms with Gasteiger partial charge in [-0.2, -0.15) is 0 Å². The van der Waals surface area contributed by atoms with Crippen molar-refractivity contribution in [2.75, 3.05) is 36.0 Å². The van der Waals surface area contributed by atoms with Crippen LogP contribution in [0, 0.1) is 0 Å². The number of morpholine rings is 1. The minimum absolute atomic E-state index is 0.103. The Hall–Kier alpha value is -3.52. The lowest BCUT2D eigenvalue weighted by Gasteiger charge is -2.35. The predicted molar refractivity (Wildman–Crippen MR) is 119 cm³/mol. The number of likely N-dealkylation sites (N-methyl/N-ethyl adjacent to an activating group) is 1. The lowest BCUT2D eigenvalue weighted by Crippen LogP contribution is -2.52. The van der Waals surface area contributed by atoms with E-state index in [0.717, 1.165) is 11.3 Å². The molecule has 1 atom stereocenters. The summed E-state index contributed by atoms with van der Waals surface area (Å²) >= 11 is 0. The number of aromatic nitrogens is 3. The fourth-order valence-electron chi connectivity index (χ4n) is 3.71. The van der Waals surface area contributed by atoms with E-state index in [4.69, 9.17) is 9.72 Å². The Morgan fingerprint density at radius 3 is 2.65 bits per heavy atom. The molecule has 1 unspecified atom stereocenters. The molecule has 0 bridgehead atoms. The van der Waals surface area contributed by atoms with Gasteiger partial charge in [0, 0.05) is 49.8 Å². The Labute approximate surface area is 180 Å². The molecule has 0 saturated carbocycles. The number of hydrogen-bond donors (Lipinski definition) is 0. The maximum Gasteiger partial charge on any atom is 0.257 e. The second-order valence-electron chi connectivity index (χ2n) is 7.30. The zero-order valence-corrected chi connectivity index (χ0v) is 17.6. The fourth-order valence-corrected chi connectivity index (χ4v) is 3.71. The van der Waals surface area contributed by atoms with Crippen molar-refractivity contribution in [2.45, 2.75) is 13.0 Å². The number of anilines is 2. The highest BCUT2D eigenvalue weighted by molar-refractivity contribution is 5.97. The molecule has 0 spiro atoms. The Balaban J connectivity index is 1.61. The van der Waals surface area contributed by atoms with Gasteiger partial charge in [-0.05, 0) is 31.2 Å². The molecule has 3 aromatic rings. The summed E-state index contributed by atoms with van der Waals surface area (Å²) in [7, 11) is 1.69. The SMILES string of the molecule is CCN(C(=O)C1CN(c2nc(-c3ccncc3)cc(=O)n2C)CCO1)c1ccccc1. The minimum Gasteiger partial charge on any atom is -0.365 e. The Bertz CT molecular complexity index is 1100. The largest absolute Gasteiger partial charge is 0.365 e. The molecule has 8 heteroatoms. The number of hydrogen-bond acceptors (Lipinski definition) is 6. The number of carbonyl (C=O) groups excluding carboxylic acids is 1. The number of rotatable bonds is 5. The molecular formula is C23H25N5O3. The van der Waals surface area contributed by atoms with Gasteiger partial charge in [-0.25, -0.2) is 4.98 Å². The predicted octanol–water partition coefficient (Wildman–Crippen LogP) is 2.10. The van der Waals surface area contributed by atoms with Gasteiger partial charge in [-0.1, -0.05) is 18.2 Å². The van der Waals surface area contributed by atoms with Crippen LogP contribution in [-0.4, -0.2) is 52.8 Å². The van der Waals surface area contributed by atoms with E-state index in [1.165, 1.54) is 10.6 Å². The first kappa shape index (κ1) is 20.7. The van der Waals surface area contributed by atoms with Crippen molar-refractivity contribution < 1.29 is 9.53 Å². The van der Waals surface area contributed by atoms with Crippen LogP contribution in [0.15, 0.2) is 65.7 Å². The van der Waals surface area contributed by atoms with Crippen molar-refractivity contribution in [2.24, 2.45) is 7.05 Å². The lowest BCUT2D eigenvalue weighted by atomic mass is 10.2. The van der Waals surface area contributed by atoms with Gasteiger partial charge in [0.25, 0.3) is 11.5 Å². The first-order chi connectivity index (χ1) is 15.1. The molecular weight excluding hydrogens is 394 g/mol. The van der Waals surface area contributed by atoms with E-state index in [9.17, 15) is 9.59 Å². The summed E-state index contributed by atoms with van der Waals surface area (Å²) in [6.45, 7) is 3.72. The normalized spacial score (nSPS) is 16.2. The standard InChI is InChI=1S/C23H25N5O3/c1-3-28(18-7-5-4-6-8-18)22(30)20-16-27(13-14-31-20)23-25-19(15-21(29)26(23)2)17-9-11-24-12-10-17/h4-12,15,20H,3,13-14,16H2,1-2H3. The van der Waals surface area contributed by atoms with Crippen molar-refractivity contribution in [3.63, 3.8) is 0 Å². The van der Waals surface area contributed by atoms with Crippen LogP contribution in [0.25, 0.3) is 11.3 Å². The summed E-state index contributed by atoms with van der Waals surface area (Å²) in [6.07, 6.45) is 2.69. The van der Waals surface area contributed by atoms with Crippen molar-refractivity contribution in [1.29, 1.82) is 0 Å². The third-order valence-electron chi connectivity index (χ3n) is 5.36. The molecule has 1 saturated heterocycles. The van der Waals surface area contributed by atoms with Gasteiger partial charge in [-0.15, -0.1) is 0 Å². The molecule has 1 aliphatic heterocycles. The van der Waals surface area contributed by atoms with Crippen molar-refractivity contribution in [1.82, 2.24) is 14.5 Å². The topological polar surface area (TPSA) is 80.6 Å². The van der Waals surface area contributed by atoms with E-state index in [1.807, 2.05) is 54.3 Å². The molecule has 0 radical (unpaired) electrons. The average molecular weight is 419 g/mol. The zero-order chi connectivity index (χ0) is 21.8. The van der Waals surface area contributed by atoms with Crippen LogP contribution >= 0.6 is 0 Å². The summed E-state index contributed by atoms with van der Waals surface area (Å²) in [5.41, 5.74) is 2.07. The van der Waals surface area contributed by atoms with Gasteiger partial charge in [0.2, 0.25) is 5.95 Å². The van der Waals surface area contributed by atoms with E-state index in [1.54, 1.807) is 24.3 Å². The highest BCUT2D eigenvalue weighted by Gasteiger charge is 2.32. The molecule has 4 rings (SSSR count). The van der Waals surface area contributed by atoms with Gasteiger partial charge in [0.1, 0.15) is 0 Å². The Morgan fingerprint density at radius 1 is 1.19 bits per heavy atom. The van der Waals surface area contributed by atoms with Gasteiger partial charge in [0.15, 0.2) is 6.10 Å². The van der Waals surface area contributed by atoms with Gasteiger partial charge >= 0.3 is 0 Å². The smallest absolute Gasteiger partial charge is 0.257 e. The molecule has 8 nitrogen and oxygen atoms in total. The highest BCUT2D eigenvalue weighted by atomic mass is 16.5. The molecule has 3 heterocycles. The molecule has 1 amide bonds. The number of para-hydroxylation sites is 1.